The van der Waals surface area contributed by atoms with Crippen molar-refractivity contribution in [2.24, 2.45) is 5.92 Å². The van der Waals surface area contributed by atoms with E-state index >= 15 is 0 Å². The van der Waals surface area contributed by atoms with Gasteiger partial charge in [0.15, 0.2) is 0 Å². The van der Waals surface area contributed by atoms with Crippen LogP contribution >= 0.6 is 15.9 Å². The average molecular weight is 272 g/mol. The average Bonchev–Trinajstić information content (AvgIpc) is 2.16. The second-order valence-electron chi connectivity index (χ2n) is 4.10. The summed E-state index contributed by atoms with van der Waals surface area (Å²) in [6.45, 7) is 3.75. The van der Waals surface area contributed by atoms with Gasteiger partial charge in [-0.15, -0.1) is 0 Å². The number of hydrogen-bond acceptors (Lipinski definition) is 4. The molecule has 0 saturated carbocycles. The molecule has 0 radical (unpaired) electrons. The van der Waals surface area contributed by atoms with E-state index in [0.29, 0.717) is 12.5 Å². The number of nitrogens with zero attached hydrogens (tertiary/aromatic N) is 3. The molecule has 0 spiro atoms. The minimum Gasteiger partial charge on any atom is -0.391 e. The Hall–Kier alpha value is -0.680. The molecule has 15 heavy (non-hydrogen) atoms. The van der Waals surface area contributed by atoms with Gasteiger partial charge >= 0.3 is 0 Å². The quantitative estimate of drug-likeness (QED) is 0.786. The summed E-state index contributed by atoms with van der Waals surface area (Å²) in [7, 11) is 0. The molecule has 1 aliphatic rings. The predicted molar refractivity (Wildman–Crippen MR) is 61.7 cm³/mol. The van der Waals surface area contributed by atoms with Gasteiger partial charge in [-0.05, 0) is 28.3 Å². The van der Waals surface area contributed by atoms with Gasteiger partial charge in [0.2, 0.25) is 0 Å². The van der Waals surface area contributed by atoms with Crippen molar-refractivity contribution in [3.05, 3.63) is 17.0 Å². The lowest BCUT2D eigenvalue weighted by Gasteiger charge is -2.34. The van der Waals surface area contributed by atoms with Gasteiger partial charge in [0.1, 0.15) is 16.7 Å². The van der Waals surface area contributed by atoms with Crippen LogP contribution < -0.4 is 4.90 Å². The second-order valence-corrected chi connectivity index (χ2v) is 4.91. The summed E-state index contributed by atoms with van der Waals surface area (Å²) in [6, 6.07) is 1.88. The first-order chi connectivity index (χ1) is 7.15. The third-order valence-corrected chi connectivity index (χ3v) is 3.01. The molecule has 5 heteroatoms. The number of hydrogen-bond donors (Lipinski definition) is 1. The molecule has 82 valence electrons. The van der Waals surface area contributed by atoms with Gasteiger partial charge in [-0.1, -0.05) is 6.92 Å². The van der Waals surface area contributed by atoms with Crippen molar-refractivity contribution in [1.29, 1.82) is 0 Å². The Morgan fingerprint density at radius 2 is 2.27 bits per heavy atom. The van der Waals surface area contributed by atoms with Gasteiger partial charge in [-0.2, -0.15) is 0 Å². The Bertz CT molecular complexity index is 337. The summed E-state index contributed by atoms with van der Waals surface area (Å²) in [5.74, 6) is 1.38. The molecular formula is C10H14BrN3O. The van der Waals surface area contributed by atoms with Crippen LogP contribution in [0.5, 0.6) is 0 Å². The van der Waals surface area contributed by atoms with E-state index in [1.165, 1.54) is 6.33 Å². The molecule has 0 bridgehead atoms. The van der Waals surface area contributed by atoms with Crippen LogP contribution in [0.15, 0.2) is 17.0 Å². The van der Waals surface area contributed by atoms with Crippen molar-refractivity contribution >= 4 is 21.7 Å². The largest absolute Gasteiger partial charge is 0.391 e. The highest BCUT2D eigenvalue weighted by Gasteiger charge is 2.23. The van der Waals surface area contributed by atoms with Crippen molar-refractivity contribution in [1.82, 2.24) is 9.97 Å². The molecule has 1 N–H and O–H groups in total. The van der Waals surface area contributed by atoms with E-state index < -0.39 is 0 Å². The van der Waals surface area contributed by atoms with Crippen LogP contribution in [0, 0.1) is 5.92 Å². The monoisotopic (exact) mass is 271 g/mol. The van der Waals surface area contributed by atoms with Gasteiger partial charge in [0.05, 0.1) is 6.10 Å². The van der Waals surface area contributed by atoms with Crippen LogP contribution in [0.2, 0.25) is 0 Å². The van der Waals surface area contributed by atoms with E-state index in [9.17, 15) is 5.11 Å². The minimum atomic E-state index is -0.248. The highest BCUT2D eigenvalue weighted by atomic mass is 79.9. The van der Waals surface area contributed by atoms with Crippen LogP contribution in [0.1, 0.15) is 13.3 Å². The highest BCUT2D eigenvalue weighted by molar-refractivity contribution is 9.10. The third-order valence-electron chi connectivity index (χ3n) is 2.58. The minimum absolute atomic E-state index is 0.248. The normalized spacial score (nSPS) is 26.7. The molecule has 0 unspecified atom stereocenters. The second kappa shape index (κ2) is 4.45. The molecule has 1 saturated heterocycles. The number of aliphatic hydroxyl groups excluding tert-OH is 1. The lowest BCUT2D eigenvalue weighted by Crippen LogP contribution is -2.42. The van der Waals surface area contributed by atoms with Crippen molar-refractivity contribution in [3.63, 3.8) is 0 Å². The fraction of sp³-hybridized carbons (Fsp3) is 0.600. The number of rotatable bonds is 1. The van der Waals surface area contributed by atoms with Crippen LogP contribution in [-0.2, 0) is 0 Å². The first-order valence-corrected chi connectivity index (χ1v) is 5.85. The van der Waals surface area contributed by atoms with E-state index in [0.717, 1.165) is 23.4 Å². The summed E-state index contributed by atoms with van der Waals surface area (Å²) >= 11 is 3.32. The zero-order chi connectivity index (χ0) is 10.8. The van der Waals surface area contributed by atoms with Gasteiger partial charge in [-0.3, -0.25) is 0 Å². The molecule has 0 aromatic carbocycles. The van der Waals surface area contributed by atoms with E-state index in [2.05, 4.69) is 37.7 Å². The number of β-amino-alcohol motifs (C(OH)–C–C–N with tert-alkyl or cyclic N) is 1. The summed E-state index contributed by atoms with van der Waals surface area (Å²) in [4.78, 5) is 10.3. The molecule has 0 aliphatic carbocycles. The van der Waals surface area contributed by atoms with Gasteiger partial charge in [0.25, 0.3) is 0 Å². The van der Waals surface area contributed by atoms with Crippen LogP contribution in [-0.4, -0.2) is 34.3 Å². The molecule has 1 fully saturated rings. The number of piperidine rings is 1. The summed E-state index contributed by atoms with van der Waals surface area (Å²) in [6.07, 6.45) is 2.16. The van der Waals surface area contributed by atoms with Crippen LogP contribution in [0.4, 0.5) is 5.82 Å². The standard InChI is InChI=1S/C10H14BrN3O/c1-7-2-8(15)5-14(4-7)10-3-9(11)12-6-13-10/h3,6-8,15H,2,4-5H2,1H3/t7-,8+/m1/s1. The van der Waals surface area contributed by atoms with Crippen molar-refractivity contribution in [2.45, 2.75) is 19.4 Å². The maximum absolute atomic E-state index is 9.68. The van der Waals surface area contributed by atoms with E-state index in [1.54, 1.807) is 0 Å². The predicted octanol–water partition coefficient (Wildman–Crippen LogP) is 1.45. The van der Waals surface area contributed by atoms with Crippen LogP contribution in [0.25, 0.3) is 0 Å². The molecule has 2 heterocycles. The number of anilines is 1. The van der Waals surface area contributed by atoms with E-state index in [1.807, 2.05) is 6.07 Å². The maximum Gasteiger partial charge on any atom is 0.133 e. The fourth-order valence-electron chi connectivity index (χ4n) is 2.00. The molecule has 1 aliphatic heterocycles. The molecule has 1 aromatic rings. The van der Waals surface area contributed by atoms with Crippen molar-refractivity contribution < 1.29 is 5.11 Å². The smallest absolute Gasteiger partial charge is 0.133 e. The van der Waals surface area contributed by atoms with Crippen molar-refractivity contribution in [3.8, 4) is 0 Å². The van der Waals surface area contributed by atoms with Gasteiger partial charge in [-0.25, -0.2) is 9.97 Å². The topological polar surface area (TPSA) is 49.2 Å². The Morgan fingerprint density at radius 1 is 1.47 bits per heavy atom. The van der Waals surface area contributed by atoms with Gasteiger partial charge < -0.3 is 10.0 Å². The molecule has 2 atom stereocenters. The molecule has 0 amide bonds. The Kier molecular flexibility index (Phi) is 3.21. The van der Waals surface area contributed by atoms with Crippen LogP contribution in [0.3, 0.4) is 0 Å². The first kappa shape index (κ1) is 10.8. The lowest BCUT2D eigenvalue weighted by molar-refractivity contribution is 0.132. The molecule has 4 nitrogen and oxygen atoms in total. The fourth-order valence-corrected chi connectivity index (χ4v) is 2.30. The third kappa shape index (κ3) is 2.66. The number of aliphatic hydroxyl groups is 1. The Balaban J connectivity index is 2.16. The van der Waals surface area contributed by atoms with Crippen molar-refractivity contribution in [2.75, 3.05) is 18.0 Å². The van der Waals surface area contributed by atoms with E-state index in [4.69, 9.17) is 0 Å². The first-order valence-electron chi connectivity index (χ1n) is 5.05. The lowest BCUT2D eigenvalue weighted by atomic mass is 9.98. The Morgan fingerprint density at radius 3 is 2.93 bits per heavy atom. The Labute approximate surface area is 97.5 Å². The summed E-state index contributed by atoms with van der Waals surface area (Å²) in [5, 5.41) is 9.68. The molecule has 2 rings (SSSR count). The SMILES string of the molecule is C[C@@H]1C[C@H](O)CN(c2cc(Br)ncn2)C1. The van der Waals surface area contributed by atoms with E-state index in [-0.39, 0.29) is 6.10 Å². The highest BCUT2D eigenvalue weighted by Crippen LogP contribution is 2.22. The van der Waals surface area contributed by atoms with Gasteiger partial charge in [0, 0.05) is 19.2 Å². The molecular weight excluding hydrogens is 258 g/mol. The number of aromatic nitrogens is 2. The summed E-state index contributed by atoms with van der Waals surface area (Å²) < 4.78 is 0.778. The zero-order valence-corrected chi connectivity index (χ0v) is 10.2. The number of halogens is 1. The maximum atomic E-state index is 9.68. The molecule has 1 aromatic heterocycles. The zero-order valence-electron chi connectivity index (χ0n) is 8.60. The summed E-state index contributed by atoms with van der Waals surface area (Å²) in [5.41, 5.74) is 0.